The molecule has 0 N–H and O–H groups in total. The Morgan fingerprint density at radius 2 is 1.77 bits per heavy atom. The predicted octanol–water partition coefficient (Wildman–Crippen LogP) is 2.76. The van der Waals surface area contributed by atoms with E-state index < -0.39 is 0 Å². The Morgan fingerprint density at radius 1 is 1.08 bits per heavy atom. The van der Waals surface area contributed by atoms with Crippen molar-refractivity contribution < 1.29 is 4.48 Å². The smallest absolute Gasteiger partial charge is 0.0876 e. The highest BCUT2D eigenvalue weighted by Crippen LogP contribution is 2.17. The van der Waals surface area contributed by atoms with Gasteiger partial charge in [-0.2, -0.15) is 11.8 Å². The van der Waals surface area contributed by atoms with Gasteiger partial charge in [-0.25, -0.2) is 0 Å². The lowest BCUT2D eigenvalue weighted by atomic mass is 10.2. The van der Waals surface area contributed by atoms with Gasteiger partial charge in [0.05, 0.1) is 26.7 Å². The number of unbranched alkanes of at least 4 members (excludes halogenated alkanes) is 3. The molecule has 0 aromatic rings. The number of rotatable bonds is 5. The number of hydrogen-bond acceptors (Lipinski definition) is 1. The van der Waals surface area contributed by atoms with Crippen molar-refractivity contribution in [3.63, 3.8) is 0 Å². The lowest BCUT2D eigenvalue weighted by Crippen LogP contribution is -2.50. The molecule has 0 saturated carbocycles. The second-order valence-corrected chi connectivity index (χ2v) is 5.69. The van der Waals surface area contributed by atoms with E-state index in [1.54, 1.807) is 0 Å². The third-order valence-electron chi connectivity index (χ3n) is 3.10. The van der Waals surface area contributed by atoms with Gasteiger partial charge >= 0.3 is 0 Å². The van der Waals surface area contributed by atoms with Crippen LogP contribution in [0.25, 0.3) is 0 Å². The average molecular weight is 202 g/mol. The summed E-state index contributed by atoms with van der Waals surface area (Å²) in [6.07, 6.45) is 5.67. The lowest BCUT2D eigenvalue weighted by molar-refractivity contribution is -0.906. The van der Waals surface area contributed by atoms with Gasteiger partial charge in [0.15, 0.2) is 0 Å². The highest BCUT2D eigenvalue weighted by atomic mass is 32.2. The fourth-order valence-corrected chi connectivity index (χ4v) is 3.27. The van der Waals surface area contributed by atoms with Crippen molar-refractivity contribution in [1.82, 2.24) is 0 Å². The fraction of sp³-hybridized carbons (Fsp3) is 1.00. The Morgan fingerprint density at radius 3 is 2.38 bits per heavy atom. The molecule has 1 nitrogen and oxygen atoms in total. The van der Waals surface area contributed by atoms with Gasteiger partial charge in [-0.3, -0.25) is 0 Å². The summed E-state index contributed by atoms with van der Waals surface area (Å²) in [6, 6.07) is 0. The van der Waals surface area contributed by atoms with Gasteiger partial charge in [-0.05, 0) is 12.8 Å². The summed E-state index contributed by atoms with van der Waals surface area (Å²) in [5.74, 6) is 2.76. The summed E-state index contributed by atoms with van der Waals surface area (Å²) in [5, 5.41) is 0. The van der Waals surface area contributed by atoms with E-state index in [4.69, 9.17) is 0 Å². The first-order valence-corrected chi connectivity index (χ1v) is 6.84. The minimum absolute atomic E-state index is 1.34. The van der Waals surface area contributed by atoms with Crippen molar-refractivity contribution in [2.24, 2.45) is 0 Å². The number of hydrogen-bond donors (Lipinski definition) is 0. The van der Waals surface area contributed by atoms with Crippen molar-refractivity contribution >= 4 is 11.8 Å². The molecular formula is C11H24NS+. The molecule has 0 bridgehead atoms. The molecule has 0 aliphatic carbocycles. The van der Waals surface area contributed by atoms with Crippen LogP contribution in [0.15, 0.2) is 0 Å². The first-order chi connectivity index (χ1) is 6.27. The van der Waals surface area contributed by atoms with Gasteiger partial charge in [0.1, 0.15) is 0 Å². The normalized spacial score (nSPS) is 21.7. The van der Waals surface area contributed by atoms with Crippen LogP contribution in [0.1, 0.15) is 32.6 Å². The quantitative estimate of drug-likeness (QED) is 0.488. The van der Waals surface area contributed by atoms with E-state index in [1.807, 2.05) is 0 Å². The first-order valence-electron chi connectivity index (χ1n) is 5.68. The lowest BCUT2D eigenvalue weighted by Gasteiger charge is -2.37. The molecule has 1 aliphatic rings. The molecule has 1 fully saturated rings. The first kappa shape index (κ1) is 11.4. The van der Waals surface area contributed by atoms with E-state index in [9.17, 15) is 0 Å². The molecule has 2 heteroatoms. The maximum Gasteiger partial charge on any atom is 0.0876 e. The van der Waals surface area contributed by atoms with E-state index in [-0.39, 0.29) is 0 Å². The van der Waals surface area contributed by atoms with Crippen molar-refractivity contribution in [3.8, 4) is 0 Å². The molecule has 0 atom stereocenters. The van der Waals surface area contributed by atoms with Crippen molar-refractivity contribution in [1.29, 1.82) is 0 Å². The molecular weight excluding hydrogens is 178 g/mol. The highest BCUT2D eigenvalue weighted by molar-refractivity contribution is 7.99. The summed E-state index contributed by atoms with van der Waals surface area (Å²) < 4.78 is 1.34. The number of nitrogens with zero attached hydrogens (tertiary/aromatic N) is 1. The molecule has 1 saturated heterocycles. The van der Waals surface area contributed by atoms with Crippen LogP contribution in [0.5, 0.6) is 0 Å². The van der Waals surface area contributed by atoms with Gasteiger partial charge in [0.25, 0.3) is 0 Å². The molecule has 78 valence electrons. The maximum atomic E-state index is 2.44. The summed E-state index contributed by atoms with van der Waals surface area (Å²) >= 11 is 2.13. The van der Waals surface area contributed by atoms with E-state index >= 15 is 0 Å². The molecule has 13 heavy (non-hydrogen) atoms. The second-order valence-electron chi connectivity index (χ2n) is 4.46. The van der Waals surface area contributed by atoms with Gasteiger partial charge in [0, 0.05) is 11.5 Å². The summed E-state index contributed by atoms with van der Waals surface area (Å²) in [4.78, 5) is 0. The molecule has 1 heterocycles. The van der Waals surface area contributed by atoms with Crippen LogP contribution in [0.3, 0.4) is 0 Å². The predicted molar refractivity (Wildman–Crippen MR) is 62.3 cm³/mol. The molecule has 0 amide bonds. The zero-order valence-corrected chi connectivity index (χ0v) is 10.0. The van der Waals surface area contributed by atoms with Crippen LogP contribution >= 0.6 is 11.8 Å². The standard InChI is InChI=1S/C11H24NS/c1-3-4-5-6-7-12(2)8-10-13-11-9-12/h3-11H2,1-2H3/q+1. The average Bonchev–Trinajstić information content (AvgIpc) is 2.14. The molecule has 1 aliphatic heterocycles. The second kappa shape index (κ2) is 5.92. The Kier molecular flexibility index (Phi) is 5.18. The zero-order chi connectivity index (χ0) is 9.57. The van der Waals surface area contributed by atoms with E-state index in [1.165, 1.54) is 61.3 Å². The van der Waals surface area contributed by atoms with Crippen molar-refractivity contribution in [2.75, 3.05) is 38.2 Å². The summed E-state index contributed by atoms with van der Waals surface area (Å²) in [7, 11) is 2.44. The number of thioether (sulfide) groups is 1. The third-order valence-corrected chi connectivity index (χ3v) is 4.04. The largest absolute Gasteiger partial charge is 0.325 e. The Balaban J connectivity index is 2.10. The van der Waals surface area contributed by atoms with Crippen LogP contribution in [-0.4, -0.2) is 42.7 Å². The van der Waals surface area contributed by atoms with Crippen LogP contribution in [0.2, 0.25) is 0 Å². The molecule has 0 unspecified atom stereocenters. The minimum Gasteiger partial charge on any atom is -0.325 e. The van der Waals surface area contributed by atoms with E-state index in [2.05, 4.69) is 25.7 Å². The monoisotopic (exact) mass is 202 g/mol. The van der Waals surface area contributed by atoms with Gasteiger partial charge in [0.2, 0.25) is 0 Å². The van der Waals surface area contributed by atoms with Crippen LogP contribution in [-0.2, 0) is 0 Å². The van der Waals surface area contributed by atoms with Crippen LogP contribution in [0.4, 0.5) is 0 Å². The zero-order valence-electron chi connectivity index (χ0n) is 9.22. The SMILES string of the molecule is CCCCCC[N+]1(C)CCSCC1. The molecule has 0 radical (unpaired) electrons. The topological polar surface area (TPSA) is 0 Å². The Labute approximate surface area is 87.5 Å². The van der Waals surface area contributed by atoms with Gasteiger partial charge < -0.3 is 4.48 Å². The van der Waals surface area contributed by atoms with Crippen LogP contribution in [0, 0.1) is 0 Å². The maximum absolute atomic E-state index is 2.44. The fourth-order valence-electron chi connectivity index (χ4n) is 1.93. The summed E-state index contributed by atoms with van der Waals surface area (Å²) in [5.41, 5.74) is 0. The highest BCUT2D eigenvalue weighted by Gasteiger charge is 2.23. The minimum atomic E-state index is 1.34. The van der Waals surface area contributed by atoms with Gasteiger partial charge in [-0.15, -0.1) is 0 Å². The Bertz CT molecular complexity index is 130. The third kappa shape index (κ3) is 4.37. The molecule has 0 spiro atoms. The van der Waals surface area contributed by atoms with E-state index in [0.717, 1.165) is 0 Å². The van der Waals surface area contributed by atoms with Gasteiger partial charge in [-0.1, -0.05) is 19.8 Å². The van der Waals surface area contributed by atoms with Crippen LogP contribution < -0.4 is 0 Å². The van der Waals surface area contributed by atoms with Crippen molar-refractivity contribution in [3.05, 3.63) is 0 Å². The Hall–Kier alpha value is 0.310. The molecule has 1 rings (SSSR count). The molecule has 0 aromatic carbocycles. The van der Waals surface area contributed by atoms with Crippen molar-refractivity contribution in [2.45, 2.75) is 32.6 Å². The summed E-state index contributed by atoms with van der Waals surface area (Å²) in [6.45, 7) is 6.50. The number of quaternary nitrogens is 1. The van der Waals surface area contributed by atoms with E-state index in [0.29, 0.717) is 0 Å². The molecule has 0 aromatic heterocycles.